The second-order valence-corrected chi connectivity index (χ2v) is 4.36. The van der Waals surface area contributed by atoms with Gasteiger partial charge in [0.1, 0.15) is 5.78 Å². The lowest BCUT2D eigenvalue weighted by Crippen LogP contribution is -2.65. The summed E-state index contributed by atoms with van der Waals surface area (Å²) < 4.78 is 0. The summed E-state index contributed by atoms with van der Waals surface area (Å²) in [4.78, 5) is 13.5. The fourth-order valence-corrected chi connectivity index (χ4v) is 2.34. The van der Waals surface area contributed by atoms with Crippen LogP contribution in [0.15, 0.2) is 0 Å². The average Bonchev–Trinajstić information content (AvgIpc) is 2.46. The van der Waals surface area contributed by atoms with Gasteiger partial charge in [-0.05, 0) is 19.3 Å². The van der Waals surface area contributed by atoms with E-state index in [1.807, 2.05) is 6.92 Å². The standard InChI is InChI=1S/C10H17NO2/c1-2-10(13)6-11(7-10)8-4-3-5-9(8)12/h8,13H,2-7H2,1H3. The molecule has 1 aliphatic heterocycles. The minimum Gasteiger partial charge on any atom is -0.387 e. The van der Waals surface area contributed by atoms with Crippen molar-refractivity contribution in [2.24, 2.45) is 0 Å². The maximum absolute atomic E-state index is 11.4. The Morgan fingerprint density at radius 1 is 1.62 bits per heavy atom. The lowest BCUT2D eigenvalue weighted by atomic mass is 9.89. The first-order valence-electron chi connectivity index (χ1n) is 5.14. The Labute approximate surface area is 78.7 Å². The van der Waals surface area contributed by atoms with Gasteiger partial charge in [-0.15, -0.1) is 0 Å². The van der Waals surface area contributed by atoms with Gasteiger partial charge in [0.2, 0.25) is 0 Å². The van der Waals surface area contributed by atoms with E-state index in [2.05, 4.69) is 4.90 Å². The summed E-state index contributed by atoms with van der Waals surface area (Å²) in [6, 6.07) is 0.131. The van der Waals surface area contributed by atoms with Crippen LogP contribution in [0, 0.1) is 0 Å². The van der Waals surface area contributed by atoms with Gasteiger partial charge in [0, 0.05) is 19.5 Å². The van der Waals surface area contributed by atoms with Gasteiger partial charge >= 0.3 is 0 Å². The predicted molar refractivity (Wildman–Crippen MR) is 49.5 cm³/mol. The SMILES string of the molecule is CCC1(O)CN(C2CCCC2=O)C1. The van der Waals surface area contributed by atoms with Gasteiger partial charge in [0.05, 0.1) is 11.6 Å². The Morgan fingerprint density at radius 2 is 2.31 bits per heavy atom. The van der Waals surface area contributed by atoms with E-state index in [1.54, 1.807) is 0 Å². The number of carbonyl (C=O) groups excluding carboxylic acids is 1. The Hall–Kier alpha value is -0.410. The Kier molecular flexibility index (Phi) is 2.16. The molecule has 2 fully saturated rings. The summed E-state index contributed by atoms with van der Waals surface area (Å²) in [6.07, 6.45) is 3.57. The topological polar surface area (TPSA) is 40.5 Å². The fraction of sp³-hybridized carbons (Fsp3) is 0.900. The second-order valence-electron chi connectivity index (χ2n) is 4.36. The van der Waals surface area contributed by atoms with Crippen molar-refractivity contribution in [3.63, 3.8) is 0 Å². The fourth-order valence-electron chi connectivity index (χ4n) is 2.34. The molecule has 74 valence electrons. The molecule has 0 aromatic heterocycles. The van der Waals surface area contributed by atoms with Crippen LogP contribution >= 0.6 is 0 Å². The van der Waals surface area contributed by atoms with Crippen molar-refractivity contribution in [3.05, 3.63) is 0 Å². The van der Waals surface area contributed by atoms with E-state index in [0.717, 1.165) is 25.7 Å². The molecule has 3 nitrogen and oxygen atoms in total. The van der Waals surface area contributed by atoms with Crippen LogP contribution in [0.1, 0.15) is 32.6 Å². The van der Waals surface area contributed by atoms with Gasteiger partial charge in [-0.1, -0.05) is 6.92 Å². The van der Waals surface area contributed by atoms with Crippen molar-refractivity contribution >= 4 is 5.78 Å². The third-order valence-electron chi connectivity index (χ3n) is 3.37. The minimum atomic E-state index is -0.497. The Morgan fingerprint density at radius 3 is 2.77 bits per heavy atom. The second kappa shape index (κ2) is 3.07. The normalized spacial score (nSPS) is 33.4. The zero-order valence-electron chi connectivity index (χ0n) is 8.12. The molecular weight excluding hydrogens is 166 g/mol. The molecule has 1 heterocycles. The molecule has 1 saturated heterocycles. The highest BCUT2D eigenvalue weighted by atomic mass is 16.3. The summed E-state index contributed by atoms with van der Waals surface area (Å²) >= 11 is 0. The Balaban J connectivity index is 1.89. The Bertz CT molecular complexity index is 221. The molecule has 0 aromatic rings. The zero-order chi connectivity index (χ0) is 9.47. The number of β-amino-alcohol motifs (C(OH)–C–C–N with tert-alkyl or cyclic N) is 1. The minimum absolute atomic E-state index is 0.131. The number of carbonyl (C=O) groups is 1. The first kappa shape index (κ1) is 9.16. The summed E-state index contributed by atoms with van der Waals surface area (Å²) in [5.74, 6) is 0.373. The molecule has 2 rings (SSSR count). The first-order chi connectivity index (χ1) is 6.14. The van der Waals surface area contributed by atoms with Crippen LogP contribution in [0.25, 0.3) is 0 Å². The van der Waals surface area contributed by atoms with Crippen molar-refractivity contribution in [2.45, 2.75) is 44.2 Å². The monoisotopic (exact) mass is 183 g/mol. The number of hydrogen-bond donors (Lipinski definition) is 1. The number of rotatable bonds is 2. The summed E-state index contributed by atoms with van der Waals surface area (Å²) in [5.41, 5.74) is -0.497. The zero-order valence-corrected chi connectivity index (χ0v) is 8.12. The van der Waals surface area contributed by atoms with E-state index in [0.29, 0.717) is 18.9 Å². The smallest absolute Gasteiger partial charge is 0.149 e. The van der Waals surface area contributed by atoms with E-state index in [9.17, 15) is 9.90 Å². The van der Waals surface area contributed by atoms with Gasteiger partial charge in [-0.3, -0.25) is 9.69 Å². The largest absolute Gasteiger partial charge is 0.387 e. The van der Waals surface area contributed by atoms with Crippen LogP contribution in [0.3, 0.4) is 0 Å². The van der Waals surface area contributed by atoms with Gasteiger partial charge in [0.25, 0.3) is 0 Å². The van der Waals surface area contributed by atoms with Gasteiger partial charge in [-0.2, -0.15) is 0 Å². The number of hydrogen-bond acceptors (Lipinski definition) is 3. The van der Waals surface area contributed by atoms with Crippen LogP contribution in [-0.4, -0.2) is 40.5 Å². The lowest BCUT2D eigenvalue weighted by molar-refractivity contribution is -0.139. The van der Waals surface area contributed by atoms with E-state index in [-0.39, 0.29) is 6.04 Å². The van der Waals surface area contributed by atoms with Crippen LogP contribution in [0.4, 0.5) is 0 Å². The third-order valence-corrected chi connectivity index (χ3v) is 3.37. The quantitative estimate of drug-likeness (QED) is 0.680. The van der Waals surface area contributed by atoms with Crippen LogP contribution in [-0.2, 0) is 4.79 Å². The van der Waals surface area contributed by atoms with Crippen LogP contribution < -0.4 is 0 Å². The number of ketones is 1. The third kappa shape index (κ3) is 1.51. The molecule has 3 heteroatoms. The van der Waals surface area contributed by atoms with Crippen molar-refractivity contribution in [2.75, 3.05) is 13.1 Å². The average molecular weight is 183 g/mol. The van der Waals surface area contributed by atoms with E-state index >= 15 is 0 Å². The van der Waals surface area contributed by atoms with Crippen LogP contribution in [0.2, 0.25) is 0 Å². The molecule has 0 radical (unpaired) electrons. The molecule has 2 aliphatic rings. The van der Waals surface area contributed by atoms with Crippen molar-refractivity contribution in [1.29, 1.82) is 0 Å². The lowest BCUT2D eigenvalue weighted by Gasteiger charge is -2.48. The molecule has 0 amide bonds. The molecule has 0 aromatic carbocycles. The molecule has 0 spiro atoms. The van der Waals surface area contributed by atoms with Gasteiger partial charge < -0.3 is 5.11 Å². The number of Topliss-reactive ketones (excluding diaryl/α,β-unsaturated/α-hetero) is 1. The summed E-state index contributed by atoms with van der Waals surface area (Å²) in [5, 5.41) is 9.78. The van der Waals surface area contributed by atoms with E-state index < -0.39 is 5.60 Å². The molecule has 1 unspecified atom stereocenters. The summed E-state index contributed by atoms with van der Waals surface area (Å²) in [7, 11) is 0. The molecule has 1 N–H and O–H groups in total. The number of likely N-dealkylation sites (tertiary alicyclic amines) is 1. The maximum atomic E-state index is 11.4. The number of nitrogens with zero attached hydrogens (tertiary/aromatic N) is 1. The van der Waals surface area contributed by atoms with Gasteiger partial charge in [0.15, 0.2) is 0 Å². The van der Waals surface area contributed by atoms with E-state index in [1.165, 1.54) is 0 Å². The molecule has 1 aliphatic carbocycles. The van der Waals surface area contributed by atoms with Crippen molar-refractivity contribution in [1.82, 2.24) is 4.90 Å². The molecule has 0 bridgehead atoms. The summed E-state index contributed by atoms with van der Waals surface area (Å²) in [6.45, 7) is 3.38. The highest BCUT2D eigenvalue weighted by Crippen LogP contribution is 2.31. The molecule has 1 atom stereocenters. The molecule has 1 saturated carbocycles. The van der Waals surface area contributed by atoms with E-state index in [4.69, 9.17) is 0 Å². The predicted octanol–water partition coefficient (Wildman–Crippen LogP) is 0.565. The van der Waals surface area contributed by atoms with Crippen molar-refractivity contribution < 1.29 is 9.90 Å². The van der Waals surface area contributed by atoms with Crippen molar-refractivity contribution in [3.8, 4) is 0 Å². The molecule has 13 heavy (non-hydrogen) atoms. The number of aliphatic hydroxyl groups is 1. The van der Waals surface area contributed by atoms with Gasteiger partial charge in [-0.25, -0.2) is 0 Å². The highest BCUT2D eigenvalue weighted by Gasteiger charge is 2.45. The maximum Gasteiger partial charge on any atom is 0.149 e. The van der Waals surface area contributed by atoms with Crippen LogP contribution in [0.5, 0.6) is 0 Å². The first-order valence-corrected chi connectivity index (χ1v) is 5.14. The highest BCUT2D eigenvalue weighted by molar-refractivity contribution is 5.86. The molecular formula is C10H17NO2.